The number of aliphatic hydroxyl groups excluding tert-OH is 1. The molecule has 0 aromatic carbocycles. The van der Waals surface area contributed by atoms with E-state index in [1.54, 1.807) is 18.5 Å². The summed E-state index contributed by atoms with van der Waals surface area (Å²) in [6.45, 7) is 2.91. The van der Waals surface area contributed by atoms with Crippen molar-refractivity contribution in [3.63, 3.8) is 0 Å². The molecule has 2 heterocycles. The molecule has 2 rings (SSSR count). The van der Waals surface area contributed by atoms with Gasteiger partial charge in [-0.2, -0.15) is 0 Å². The SMILES string of the molecule is CCC1C[C@H](CNC)C(O)C(Sc2ncccn2)O1. The van der Waals surface area contributed by atoms with Crippen molar-refractivity contribution in [1.82, 2.24) is 15.3 Å². The summed E-state index contributed by atoms with van der Waals surface area (Å²) in [5, 5.41) is 14.2. The van der Waals surface area contributed by atoms with Crippen LogP contribution >= 0.6 is 11.8 Å². The van der Waals surface area contributed by atoms with E-state index in [1.807, 2.05) is 7.05 Å². The summed E-state index contributed by atoms with van der Waals surface area (Å²) in [6, 6.07) is 1.78. The van der Waals surface area contributed by atoms with Crippen LogP contribution in [-0.2, 0) is 4.74 Å². The Bertz CT molecular complexity index is 379. The van der Waals surface area contributed by atoms with Crippen LogP contribution in [0.2, 0.25) is 0 Å². The molecule has 4 atom stereocenters. The van der Waals surface area contributed by atoms with E-state index in [0.717, 1.165) is 19.4 Å². The quantitative estimate of drug-likeness (QED) is 0.794. The van der Waals surface area contributed by atoms with Crippen molar-refractivity contribution >= 4 is 11.8 Å². The predicted molar refractivity (Wildman–Crippen MR) is 74.9 cm³/mol. The van der Waals surface area contributed by atoms with Crippen molar-refractivity contribution in [1.29, 1.82) is 0 Å². The Labute approximate surface area is 118 Å². The maximum Gasteiger partial charge on any atom is 0.190 e. The van der Waals surface area contributed by atoms with Crippen molar-refractivity contribution in [3.8, 4) is 0 Å². The highest BCUT2D eigenvalue weighted by molar-refractivity contribution is 7.99. The van der Waals surface area contributed by atoms with E-state index >= 15 is 0 Å². The van der Waals surface area contributed by atoms with Crippen molar-refractivity contribution < 1.29 is 9.84 Å². The van der Waals surface area contributed by atoms with Crippen LogP contribution in [0.25, 0.3) is 0 Å². The van der Waals surface area contributed by atoms with Gasteiger partial charge >= 0.3 is 0 Å². The third kappa shape index (κ3) is 3.89. The van der Waals surface area contributed by atoms with E-state index in [4.69, 9.17) is 4.74 Å². The largest absolute Gasteiger partial charge is 0.389 e. The van der Waals surface area contributed by atoms with Gasteiger partial charge < -0.3 is 15.2 Å². The Balaban J connectivity index is 2.04. The van der Waals surface area contributed by atoms with Crippen molar-refractivity contribution in [2.45, 2.75) is 42.6 Å². The van der Waals surface area contributed by atoms with Gasteiger partial charge in [0.2, 0.25) is 0 Å². The highest BCUT2D eigenvalue weighted by atomic mass is 32.2. The average Bonchev–Trinajstić information content (AvgIpc) is 2.44. The molecule has 3 unspecified atom stereocenters. The lowest BCUT2D eigenvalue weighted by Crippen LogP contribution is -2.46. The Morgan fingerprint density at radius 1 is 1.47 bits per heavy atom. The first kappa shape index (κ1) is 14.7. The summed E-state index contributed by atoms with van der Waals surface area (Å²) in [4.78, 5) is 8.35. The minimum atomic E-state index is -0.496. The number of hydrogen-bond donors (Lipinski definition) is 2. The van der Waals surface area contributed by atoms with E-state index in [-0.39, 0.29) is 17.5 Å². The first-order chi connectivity index (χ1) is 9.24. The van der Waals surface area contributed by atoms with Gasteiger partial charge in [-0.05, 0) is 26.0 Å². The standard InChI is InChI=1S/C13H21N3O2S/c1-3-10-7-9(8-14-2)11(17)12(18-10)19-13-15-5-4-6-16-13/h4-6,9-12,14,17H,3,7-8H2,1-2H3/t9-,10?,11?,12?/m1/s1. The van der Waals surface area contributed by atoms with Crippen LogP contribution in [0.4, 0.5) is 0 Å². The molecular formula is C13H21N3O2S. The van der Waals surface area contributed by atoms with Gasteiger partial charge in [0.15, 0.2) is 5.16 Å². The Hall–Kier alpha value is -0.690. The number of hydrogen-bond acceptors (Lipinski definition) is 6. The average molecular weight is 283 g/mol. The monoisotopic (exact) mass is 283 g/mol. The highest BCUT2D eigenvalue weighted by Gasteiger charge is 2.37. The van der Waals surface area contributed by atoms with Gasteiger partial charge in [0, 0.05) is 24.9 Å². The topological polar surface area (TPSA) is 67.3 Å². The number of nitrogens with one attached hydrogen (secondary N) is 1. The molecule has 6 heteroatoms. The molecule has 1 aromatic heterocycles. The summed E-state index contributed by atoms with van der Waals surface area (Å²) >= 11 is 1.40. The zero-order chi connectivity index (χ0) is 13.7. The van der Waals surface area contributed by atoms with Crippen LogP contribution in [0.15, 0.2) is 23.6 Å². The van der Waals surface area contributed by atoms with Crippen molar-refractivity contribution in [2.24, 2.45) is 5.92 Å². The first-order valence-corrected chi connectivity index (χ1v) is 7.54. The highest BCUT2D eigenvalue weighted by Crippen LogP contribution is 2.34. The van der Waals surface area contributed by atoms with Gasteiger partial charge in [0.1, 0.15) is 5.44 Å². The number of rotatable bonds is 5. The fourth-order valence-electron chi connectivity index (χ4n) is 2.30. The molecular weight excluding hydrogens is 262 g/mol. The van der Waals surface area contributed by atoms with Crippen LogP contribution in [0.5, 0.6) is 0 Å². The minimum absolute atomic E-state index is 0.197. The number of ether oxygens (including phenoxy) is 1. The molecule has 2 N–H and O–H groups in total. The van der Waals surface area contributed by atoms with Gasteiger partial charge in [-0.1, -0.05) is 18.7 Å². The van der Waals surface area contributed by atoms with Crippen LogP contribution in [-0.4, -0.2) is 46.3 Å². The summed E-state index contributed by atoms with van der Waals surface area (Å²) in [7, 11) is 1.91. The molecule has 0 radical (unpaired) electrons. The van der Waals surface area contributed by atoms with Gasteiger partial charge in [0.05, 0.1) is 12.2 Å². The minimum Gasteiger partial charge on any atom is -0.389 e. The van der Waals surface area contributed by atoms with Crippen LogP contribution < -0.4 is 5.32 Å². The molecule has 0 spiro atoms. The number of aromatic nitrogens is 2. The molecule has 5 nitrogen and oxygen atoms in total. The molecule has 1 saturated heterocycles. The van der Waals surface area contributed by atoms with E-state index in [2.05, 4.69) is 22.2 Å². The smallest absolute Gasteiger partial charge is 0.190 e. The van der Waals surface area contributed by atoms with E-state index in [1.165, 1.54) is 11.8 Å². The maximum absolute atomic E-state index is 10.4. The fourth-order valence-corrected chi connectivity index (χ4v) is 3.33. The van der Waals surface area contributed by atoms with Crippen molar-refractivity contribution in [2.75, 3.05) is 13.6 Å². The lowest BCUT2D eigenvalue weighted by Gasteiger charge is -2.38. The Morgan fingerprint density at radius 3 is 2.84 bits per heavy atom. The van der Waals surface area contributed by atoms with Gasteiger partial charge in [-0.15, -0.1) is 0 Å². The number of nitrogens with zero attached hydrogens (tertiary/aromatic N) is 2. The third-order valence-corrected chi connectivity index (χ3v) is 4.38. The summed E-state index contributed by atoms with van der Waals surface area (Å²) in [5.74, 6) is 0.213. The number of aliphatic hydroxyl groups is 1. The number of thioether (sulfide) groups is 1. The van der Waals surface area contributed by atoms with Crippen LogP contribution in [0.3, 0.4) is 0 Å². The third-order valence-electron chi connectivity index (χ3n) is 3.34. The van der Waals surface area contributed by atoms with E-state index < -0.39 is 6.10 Å². The van der Waals surface area contributed by atoms with Gasteiger partial charge in [-0.3, -0.25) is 0 Å². The van der Waals surface area contributed by atoms with Crippen LogP contribution in [0.1, 0.15) is 19.8 Å². The molecule has 0 aliphatic carbocycles. The van der Waals surface area contributed by atoms with Crippen molar-refractivity contribution in [3.05, 3.63) is 18.5 Å². The van der Waals surface area contributed by atoms with Crippen LogP contribution in [0, 0.1) is 5.92 Å². The molecule has 1 fully saturated rings. The van der Waals surface area contributed by atoms with Gasteiger partial charge in [0.25, 0.3) is 0 Å². The summed E-state index contributed by atoms with van der Waals surface area (Å²) in [5.41, 5.74) is -0.292. The molecule has 1 aromatic rings. The molecule has 106 valence electrons. The molecule has 0 bridgehead atoms. The Morgan fingerprint density at radius 2 is 2.21 bits per heavy atom. The molecule has 1 aliphatic heterocycles. The van der Waals surface area contributed by atoms with Gasteiger partial charge in [-0.25, -0.2) is 9.97 Å². The summed E-state index contributed by atoms with van der Waals surface area (Å²) in [6.07, 6.45) is 4.96. The second kappa shape index (κ2) is 7.19. The second-order valence-corrected chi connectivity index (χ2v) is 5.79. The predicted octanol–water partition coefficient (Wildman–Crippen LogP) is 1.29. The lowest BCUT2D eigenvalue weighted by atomic mass is 9.92. The lowest BCUT2D eigenvalue weighted by molar-refractivity contribution is -0.105. The van der Waals surface area contributed by atoms with E-state index in [9.17, 15) is 5.11 Å². The first-order valence-electron chi connectivity index (χ1n) is 6.66. The molecule has 19 heavy (non-hydrogen) atoms. The molecule has 0 amide bonds. The normalized spacial score (nSPS) is 31.3. The van der Waals surface area contributed by atoms with E-state index in [0.29, 0.717) is 5.16 Å². The summed E-state index contributed by atoms with van der Waals surface area (Å²) < 4.78 is 5.93. The maximum atomic E-state index is 10.4. The Kier molecular flexibility index (Phi) is 5.57. The fraction of sp³-hybridized carbons (Fsp3) is 0.692. The zero-order valence-electron chi connectivity index (χ0n) is 11.3. The molecule has 0 saturated carbocycles. The second-order valence-electron chi connectivity index (χ2n) is 4.73. The zero-order valence-corrected chi connectivity index (χ0v) is 12.1. The molecule has 1 aliphatic rings.